The Morgan fingerprint density at radius 1 is 1.17 bits per heavy atom. The van der Waals surface area contributed by atoms with Gasteiger partial charge in [-0.05, 0) is 60.1 Å². The van der Waals surface area contributed by atoms with Crippen molar-refractivity contribution in [3.05, 3.63) is 59.2 Å². The number of nitrogens with one attached hydrogen (secondary N) is 1. The van der Waals surface area contributed by atoms with Crippen LogP contribution >= 0.6 is 0 Å². The monoisotopic (exact) mass is 309 g/mol. The SMILES string of the molecule is CC[C@H](O)CCCNC(=O)c1ccc2c(c1)Cc1ccccc1-2. The van der Waals surface area contributed by atoms with Gasteiger partial charge >= 0.3 is 0 Å². The van der Waals surface area contributed by atoms with Gasteiger partial charge in [0.1, 0.15) is 0 Å². The van der Waals surface area contributed by atoms with Gasteiger partial charge in [0.2, 0.25) is 0 Å². The lowest BCUT2D eigenvalue weighted by molar-refractivity contribution is 0.0948. The summed E-state index contributed by atoms with van der Waals surface area (Å²) < 4.78 is 0. The zero-order valence-electron chi connectivity index (χ0n) is 13.5. The minimum Gasteiger partial charge on any atom is -0.393 e. The number of aliphatic hydroxyl groups excluding tert-OH is 1. The molecule has 0 saturated heterocycles. The predicted octanol–water partition coefficient (Wildman–Crippen LogP) is 3.54. The van der Waals surface area contributed by atoms with Crippen molar-refractivity contribution in [3.8, 4) is 11.1 Å². The summed E-state index contributed by atoms with van der Waals surface area (Å²) in [6.45, 7) is 2.57. The first kappa shape index (κ1) is 15.8. The lowest BCUT2D eigenvalue weighted by atomic mass is 10.0. The van der Waals surface area contributed by atoms with Gasteiger partial charge in [0.15, 0.2) is 0 Å². The number of carbonyl (C=O) groups is 1. The number of amides is 1. The number of hydrogen-bond acceptors (Lipinski definition) is 2. The maximum Gasteiger partial charge on any atom is 0.251 e. The number of hydrogen-bond donors (Lipinski definition) is 2. The molecule has 3 heteroatoms. The Morgan fingerprint density at radius 2 is 1.96 bits per heavy atom. The summed E-state index contributed by atoms with van der Waals surface area (Å²) in [6.07, 6.45) is 2.94. The molecule has 0 radical (unpaired) electrons. The second-order valence-corrected chi connectivity index (χ2v) is 6.17. The summed E-state index contributed by atoms with van der Waals surface area (Å²) in [6, 6.07) is 14.4. The molecule has 3 rings (SSSR count). The number of carbonyl (C=O) groups excluding carboxylic acids is 1. The van der Waals surface area contributed by atoms with E-state index in [0.717, 1.165) is 25.7 Å². The molecule has 1 amide bonds. The third-order valence-corrected chi connectivity index (χ3v) is 4.53. The van der Waals surface area contributed by atoms with E-state index < -0.39 is 0 Å². The Morgan fingerprint density at radius 3 is 2.78 bits per heavy atom. The van der Waals surface area contributed by atoms with Crippen LogP contribution < -0.4 is 5.32 Å². The highest BCUT2D eigenvalue weighted by atomic mass is 16.3. The van der Waals surface area contributed by atoms with Gasteiger partial charge in [-0.2, -0.15) is 0 Å². The van der Waals surface area contributed by atoms with E-state index in [1.807, 2.05) is 19.1 Å². The van der Waals surface area contributed by atoms with Gasteiger partial charge in [0, 0.05) is 12.1 Å². The van der Waals surface area contributed by atoms with E-state index in [4.69, 9.17) is 0 Å². The van der Waals surface area contributed by atoms with Crippen molar-refractivity contribution in [2.24, 2.45) is 0 Å². The molecule has 0 spiro atoms. The van der Waals surface area contributed by atoms with E-state index in [1.165, 1.54) is 22.3 Å². The van der Waals surface area contributed by atoms with Gasteiger partial charge in [0.05, 0.1) is 6.10 Å². The van der Waals surface area contributed by atoms with Gasteiger partial charge in [-0.1, -0.05) is 37.3 Å². The summed E-state index contributed by atoms with van der Waals surface area (Å²) in [7, 11) is 0. The highest BCUT2D eigenvalue weighted by Gasteiger charge is 2.19. The fourth-order valence-electron chi connectivity index (χ4n) is 3.13. The molecule has 0 heterocycles. The third kappa shape index (κ3) is 3.45. The predicted molar refractivity (Wildman–Crippen MR) is 92.5 cm³/mol. The first-order valence-corrected chi connectivity index (χ1v) is 8.36. The van der Waals surface area contributed by atoms with E-state index >= 15 is 0 Å². The van der Waals surface area contributed by atoms with Crippen molar-refractivity contribution in [2.45, 2.75) is 38.7 Å². The van der Waals surface area contributed by atoms with Crippen LogP contribution in [0, 0.1) is 0 Å². The maximum absolute atomic E-state index is 12.3. The lowest BCUT2D eigenvalue weighted by Crippen LogP contribution is -2.25. The van der Waals surface area contributed by atoms with Crippen LogP contribution in [0.3, 0.4) is 0 Å². The summed E-state index contributed by atoms with van der Waals surface area (Å²) >= 11 is 0. The fraction of sp³-hybridized carbons (Fsp3) is 0.350. The Kier molecular flexibility index (Phi) is 4.77. The summed E-state index contributed by atoms with van der Waals surface area (Å²) in [5.41, 5.74) is 5.78. The second-order valence-electron chi connectivity index (χ2n) is 6.17. The molecule has 0 aromatic heterocycles. The third-order valence-electron chi connectivity index (χ3n) is 4.53. The molecule has 2 N–H and O–H groups in total. The largest absolute Gasteiger partial charge is 0.393 e. The molecule has 0 unspecified atom stereocenters. The van der Waals surface area contributed by atoms with Gasteiger partial charge < -0.3 is 10.4 Å². The minimum atomic E-state index is -0.259. The van der Waals surface area contributed by atoms with Gasteiger partial charge in [-0.3, -0.25) is 4.79 Å². The molecule has 0 aliphatic heterocycles. The Labute approximate surface area is 137 Å². The average molecular weight is 309 g/mol. The van der Waals surface area contributed by atoms with Gasteiger partial charge in [0.25, 0.3) is 5.91 Å². The number of rotatable bonds is 6. The number of fused-ring (bicyclic) bond motifs is 3. The number of benzene rings is 2. The highest BCUT2D eigenvalue weighted by molar-refractivity contribution is 5.95. The highest BCUT2D eigenvalue weighted by Crippen LogP contribution is 2.36. The molecule has 0 saturated carbocycles. The van der Waals surface area contributed by atoms with Crippen LogP contribution in [-0.4, -0.2) is 23.7 Å². The normalized spacial score (nSPS) is 13.3. The molecule has 2 aromatic rings. The minimum absolute atomic E-state index is 0.0326. The summed E-state index contributed by atoms with van der Waals surface area (Å²) in [5, 5.41) is 12.5. The Hall–Kier alpha value is -2.13. The Balaban J connectivity index is 1.62. The first-order chi connectivity index (χ1) is 11.2. The lowest BCUT2D eigenvalue weighted by Gasteiger charge is -2.09. The zero-order chi connectivity index (χ0) is 16.2. The number of aliphatic hydroxyl groups is 1. The molecule has 3 nitrogen and oxygen atoms in total. The molecule has 0 bridgehead atoms. The molecular formula is C20H23NO2. The molecule has 1 aliphatic carbocycles. The van der Waals surface area contributed by atoms with Crippen molar-refractivity contribution in [2.75, 3.05) is 6.54 Å². The van der Waals surface area contributed by atoms with Crippen molar-refractivity contribution in [1.82, 2.24) is 5.32 Å². The smallest absolute Gasteiger partial charge is 0.251 e. The molecule has 0 fully saturated rings. The van der Waals surface area contributed by atoms with Crippen LogP contribution in [-0.2, 0) is 6.42 Å². The van der Waals surface area contributed by atoms with E-state index in [9.17, 15) is 9.90 Å². The van der Waals surface area contributed by atoms with Crippen molar-refractivity contribution >= 4 is 5.91 Å². The van der Waals surface area contributed by atoms with Crippen LogP contribution in [0.2, 0.25) is 0 Å². The zero-order valence-corrected chi connectivity index (χ0v) is 13.5. The van der Waals surface area contributed by atoms with Crippen molar-refractivity contribution in [3.63, 3.8) is 0 Å². The molecule has 1 aliphatic rings. The molecular weight excluding hydrogens is 286 g/mol. The maximum atomic E-state index is 12.3. The summed E-state index contributed by atoms with van der Waals surface area (Å²) in [5.74, 6) is -0.0326. The van der Waals surface area contributed by atoms with Crippen molar-refractivity contribution in [1.29, 1.82) is 0 Å². The average Bonchev–Trinajstić information content (AvgIpc) is 2.95. The molecule has 120 valence electrons. The second kappa shape index (κ2) is 6.97. The molecule has 23 heavy (non-hydrogen) atoms. The van der Waals surface area contributed by atoms with Crippen LogP contribution in [0.15, 0.2) is 42.5 Å². The van der Waals surface area contributed by atoms with Crippen LogP contribution in [0.1, 0.15) is 47.7 Å². The van der Waals surface area contributed by atoms with Gasteiger partial charge in [-0.25, -0.2) is 0 Å². The summed E-state index contributed by atoms with van der Waals surface area (Å²) in [4.78, 5) is 12.3. The van der Waals surface area contributed by atoms with Crippen LogP contribution in [0.5, 0.6) is 0 Å². The first-order valence-electron chi connectivity index (χ1n) is 8.36. The van der Waals surface area contributed by atoms with Gasteiger partial charge in [-0.15, -0.1) is 0 Å². The van der Waals surface area contributed by atoms with E-state index in [1.54, 1.807) is 0 Å². The van der Waals surface area contributed by atoms with E-state index in [2.05, 4.69) is 35.6 Å². The standard InChI is InChI=1S/C20H23NO2/c1-2-17(22)7-5-11-21-20(23)15-9-10-19-16(13-15)12-14-6-3-4-8-18(14)19/h3-4,6,8-10,13,17,22H,2,5,7,11-12H2,1H3,(H,21,23)/t17-/m0/s1. The quantitative estimate of drug-likeness (QED) is 0.684. The van der Waals surface area contributed by atoms with Crippen LogP contribution in [0.25, 0.3) is 11.1 Å². The molecule has 1 atom stereocenters. The molecule has 2 aromatic carbocycles. The van der Waals surface area contributed by atoms with E-state index in [0.29, 0.717) is 12.1 Å². The van der Waals surface area contributed by atoms with Crippen molar-refractivity contribution < 1.29 is 9.90 Å². The topological polar surface area (TPSA) is 49.3 Å². The Bertz CT molecular complexity index is 709. The van der Waals surface area contributed by atoms with Crippen LogP contribution in [0.4, 0.5) is 0 Å². The fourth-order valence-corrected chi connectivity index (χ4v) is 3.13. The van der Waals surface area contributed by atoms with E-state index in [-0.39, 0.29) is 12.0 Å².